The average molecular weight is 457 g/mol. The smallest absolute Gasteiger partial charge is 0.254 e. The topological polar surface area (TPSA) is 88.1 Å². The first-order valence-electron chi connectivity index (χ1n) is 11.4. The normalized spacial score (nSPS) is 14.4. The summed E-state index contributed by atoms with van der Waals surface area (Å²) < 4.78 is 1.93. The number of aromatic nitrogens is 2. The summed E-state index contributed by atoms with van der Waals surface area (Å²) in [5.41, 5.74) is 11.6. The number of fused-ring (bicyclic) bond motifs is 1. The van der Waals surface area contributed by atoms with Gasteiger partial charge in [-0.2, -0.15) is 5.06 Å². The number of benzene rings is 2. The zero-order valence-corrected chi connectivity index (χ0v) is 19.1. The van der Waals surface area contributed by atoms with Gasteiger partial charge < -0.3 is 25.2 Å². The van der Waals surface area contributed by atoms with Gasteiger partial charge >= 0.3 is 0 Å². The fraction of sp³-hybridized carbons (Fsp3) is 0.231. The van der Waals surface area contributed by atoms with Crippen LogP contribution in [0.2, 0.25) is 0 Å². The number of hydroxylamine groups is 2. The first-order valence-corrected chi connectivity index (χ1v) is 11.4. The van der Waals surface area contributed by atoms with Gasteiger partial charge in [0.15, 0.2) is 5.65 Å². The van der Waals surface area contributed by atoms with Crippen molar-refractivity contribution in [2.75, 3.05) is 43.5 Å². The van der Waals surface area contributed by atoms with E-state index in [9.17, 15) is 4.79 Å². The Hall–Kier alpha value is -3.88. The van der Waals surface area contributed by atoms with Gasteiger partial charge in [0.2, 0.25) is 0 Å². The first kappa shape index (κ1) is 21.9. The molecule has 34 heavy (non-hydrogen) atoms. The Morgan fingerprint density at radius 1 is 1.06 bits per heavy atom. The molecule has 2 aromatic carbocycles. The summed E-state index contributed by atoms with van der Waals surface area (Å²) in [4.78, 5) is 24.5. The zero-order chi connectivity index (χ0) is 23.5. The molecule has 0 radical (unpaired) electrons. The van der Waals surface area contributed by atoms with E-state index in [1.54, 1.807) is 13.3 Å². The number of carbonyl (C=O) groups excluding carboxylic acids is 1. The quantitative estimate of drug-likeness (QED) is 0.443. The van der Waals surface area contributed by atoms with Crippen molar-refractivity contribution < 1.29 is 9.63 Å². The summed E-state index contributed by atoms with van der Waals surface area (Å²) in [6, 6.07) is 20.4. The van der Waals surface area contributed by atoms with E-state index in [1.807, 2.05) is 52.1 Å². The van der Waals surface area contributed by atoms with Crippen LogP contribution in [0.4, 0.5) is 17.1 Å². The van der Waals surface area contributed by atoms with Gasteiger partial charge in [-0.25, -0.2) is 4.98 Å². The number of carbonyl (C=O) groups is 1. The van der Waals surface area contributed by atoms with Crippen LogP contribution in [-0.2, 0) is 11.3 Å². The maximum Gasteiger partial charge on any atom is 0.254 e. The highest BCUT2D eigenvalue weighted by molar-refractivity contribution is 6.05. The third-order valence-electron chi connectivity index (χ3n) is 6.24. The third-order valence-corrected chi connectivity index (χ3v) is 6.24. The summed E-state index contributed by atoms with van der Waals surface area (Å²) in [6.07, 6.45) is 4.26. The fourth-order valence-corrected chi connectivity index (χ4v) is 4.47. The molecule has 0 saturated carbocycles. The molecule has 1 amide bonds. The van der Waals surface area contributed by atoms with Crippen LogP contribution < -0.4 is 16.0 Å². The predicted molar refractivity (Wildman–Crippen MR) is 133 cm³/mol. The van der Waals surface area contributed by atoms with Crippen molar-refractivity contribution in [3.63, 3.8) is 0 Å². The molecule has 8 nitrogen and oxygen atoms in total. The summed E-state index contributed by atoms with van der Waals surface area (Å²) >= 11 is 0. The van der Waals surface area contributed by atoms with E-state index in [0.717, 1.165) is 43.2 Å². The maximum atomic E-state index is 12.4. The van der Waals surface area contributed by atoms with Crippen LogP contribution >= 0.6 is 0 Å². The highest BCUT2D eigenvalue weighted by atomic mass is 16.7. The van der Waals surface area contributed by atoms with E-state index in [-0.39, 0.29) is 0 Å². The summed E-state index contributed by atoms with van der Waals surface area (Å²) in [7, 11) is 1.71. The van der Waals surface area contributed by atoms with E-state index in [2.05, 4.69) is 39.5 Å². The molecular weight excluding hydrogens is 428 g/mol. The number of hydrogen-bond acceptors (Lipinski definition) is 6. The van der Waals surface area contributed by atoms with Gasteiger partial charge in [0.05, 0.1) is 12.8 Å². The standard InChI is InChI=1S/C26H28N6O2/c1-34-31-15-13-30(14-16-31)21-9-7-20(8-10-21)29-23-18-22(17-19-5-3-2-4-6-19)32-12-11-28-26(32)24(23)25(27)33/h2-12,18,29H,13-17H2,1H3,(H2,27,33). The van der Waals surface area contributed by atoms with Crippen LogP contribution in [0.3, 0.4) is 0 Å². The molecule has 4 aromatic rings. The number of rotatable bonds is 7. The maximum absolute atomic E-state index is 12.4. The number of anilines is 3. The first-order chi connectivity index (χ1) is 16.6. The number of primary amides is 1. The van der Waals surface area contributed by atoms with E-state index < -0.39 is 5.91 Å². The second-order valence-corrected chi connectivity index (χ2v) is 8.34. The molecule has 1 saturated heterocycles. The van der Waals surface area contributed by atoms with Crippen molar-refractivity contribution in [1.29, 1.82) is 0 Å². The summed E-state index contributed by atoms with van der Waals surface area (Å²) in [5.74, 6) is -0.516. The molecule has 174 valence electrons. The minimum atomic E-state index is -0.516. The van der Waals surface area contributed by atoms with Gasteiger partial charge in [-0.05, 0) is 35.9 Å². The largest absolute Gasteiger partial charge is 0.369 e. The Kier molecular flexibility index (Phi) is 6.16. The molecule has 0 atom stereocenters. The summed E-state index contributed by atoms with van der Waals surface area (Å²) in [5, 5.41) is 5.38. The Morgan fingerprint density at radius 3 is 2.47 bits per heavy atom. The lowest BCUT2D eigenvalue weighted by atomic mass is 10.1. The van der Waals surface area contributed by atoms with Gasteiger partial charge in [0.25, 0.3) is 5.91 Å². The third kappa shape index (κ3) is 4.46. The van der Waals surface area contributed by atoms with Crippen molar-refractivity contribution >= 4 is 28.6 Å². The van der Waals surface area contributed by atoms with Crippen molar-refractivity contribution in [3.8, 4) is 0 Å². The lowest BCUT2D eigenvalue weighted by Gasteiger charge is -2.34. The van der Waals surface area contributed by atoms with Crippen molar-refractivity contribution in [2.45, 2.75) is 6.42 Å². The predicted octanol–water partition coefficient (Wildman–Crippen LogP) is 3.45. The molecule has 0 spiro atoms. The van der Waals surface area contributed by atoms with Crippen LogP contribution in [0.5, 0.6) is 0 Å². The lowest BCUT2D eigenvalue weighted by molar-refractivity contribution is -0.133. The number of pyridine rings is 1. The van der Waals surface area contributed by atoms with Crippen LogP contribution in [0.25, 0.3) is 5.65 Å². The number of nitrogens with two attached hydrogens (primary N) is 1. The molecule has 8 heteroatoms. The number of nitrogens with zero attached hydrogens (tertiary/aromatic N) is 4. The van der Waals surface area contributed by atoms with Crippen LogP contribution in [0, 0.1) is 0 Å². The van der Waals surface area contributed by atoms with E-state index in [1.165, 1.54) is 5.56 Å². The number of nitrogens with one attached hydrogen (secondary N) is 1. The Bertz CT molecular complexity index is 1280. The molecule has 2 aromatic heterocycles. The highest BCUT2D eigenvalue weighted by Crippen LogP contribution is 2.28. The van der Waals surface area contributed by atoms with E-state index in [4.69, 9.17) is 10.6 Å². The molecule has 0 unspecified atom stereocenters. The molecule has 1 aliphatic heterocycles. The second-order valence-electron chi connectivity index (χ2n) is 8.34. The minimum Gasteiger partial charge on any atom is -0.369 e. The lowest BCUT2D eigenvalue weighted by Crippen LogP contribution is -2.45. The van der Waals surface area contributed by atoms with Gasteiger partial charge in [0.1, 0.15) is 5.56 Å². The molecule has 1 fully saturated rings. The van der Waals surface area contributed by atoms with Crippen molar-refractivity contribution in [2.24, 2.45) is 5.73 Å². The van der Waals surface area contributed by atoms with E-state index >= 15 is 0 Å². The molecule has 1 aliphatic rings. The number of imidazole rings is 1. The number of amides is 1. The number of hydrogen-bond donors (Lipinski definition) is 2. The molecule has 3 N–H and O–H groups in total. The summed E-state index contributed by atoms with van der Waals surface area (Å²) in [6.45, 7) is 3.55. The molecular formula is C26H28N6O2. The van der Waals surface area contributed by atoms with Gasteiger partial charge in [-0.1, -0.05) is 30.3 Å². The van der Waals surface area contributed by atoms with Crippen LogP contribution in [0.1, 0.15) is 21.6 Å². The van der Waals surface area contributed by atoms with Crippen molar-refractivity contribution in [3.05, 3.63) is 89.9 Å². The average Bonchev–Trinajstić information content (AvgIpc) is 3.35. The Balaban J connectivity index is 1.43. The molecule has 0 bridgehead atoms. The Labute approximate surface area is 198 Å². The number of piperazine rings is 1. The molecule has 3 heterocycles. The SMILES string of the molecule is CON1CCN(c2ccc(Nc3cc(Cc4ccccc4)n4ccnc4c3C(N)=O)cc2)CC1. The molecule has 0 aliphatic carbocycles. The zero-order valence-electron chi connectivity index (χ0n) is 19.1. The van der Waals surface area contributed by atoms with Gasteiger partial charge in [-0.15, -0.1) is 0 Å². The highest BCUT2D eigenvalue weighted by Gasteiger charge is 2.19. The minimum absolute atomic E-state index is 0.376. The van der Waals surface area contributed by atoms with E-state index in [0.29, 0.717) is 23.3 Å². The second kappa shape index (κ2) is 9.54. The molecule has 5 rings (SSSR count). The van der Waals surface area contributed by atoms with Gasteiger partial charge in [-0.3, -0.25) is 4.79 Å². The van der Waals surface area contributed by atoms with Crippen LogP contribution in [0.15, 0.2) is 73.1 Å². The fourth-order valence-electron chi connectivity index (χ4n) is 4.47. The van der Waals surface area contributed by atoms with Crippen molar-refractivity contribution in [1.82, 2.24) is 14.4 Å². The Morgan fingerprint density at radius 2 is 1.79 bits per heavy atom. The van der Waals surface area contributed by atoms with Gasteiger partial charge in [0, 0.05) is 62.1 Å². The monoisotopic (exact) mass is 456 g/mol. The van der Waals surface area contributed by atoms with Crippen LogP contribution in [-0.4, -0.2) is 53.6 Å².